The number of aliphatic hydroxyl groups excluding tert-OH is 5. The Morgan fingerprint density at radius 3 is 1.40 bits per heavy atom. The second kappa shape index (κ2) is 41.7. The van der Waals surface area contributed by atoms with Crippen molar-refractivity contribution in [1.82, 2.24) is 5.32 Å². The van der Waals surface area contributed by atoms with Crippen LogP contribution in [0.5, 0.6) is 0 Å². The van der Waals surface area contributed by atoms with E-state index < -0.39 is 49.5 Å². The minimum Gasteiger partial charge on any atom is -0.394 e. The van der Waals surface area contributed by atoms with Crippen molar-refractivity contribution in [2.24, 2.45) is 0 Å². The van der Waals surface area contributed by atoms with Crippen molar-refractivity contribution in [3.63, 3.8) is 0 Å². The fourth-order valence-corrected chi connectivity index (χ4v) is 8.17. The third-order valence-electron chi connectivity index (χ3n) is 12.3. The minimum absolute atomic E-state index is 0.195. The summed E-state index contributed by atoms with van der Waals surface area (Å²) >= 11 is 0. The number of amides is 1. The highest BCUT2D eigenvalue weighted by Crippen LogP contribution is 2.23. The molecule has 7 atom stereocenters. The van der Waals surface area contributed by atoms with Gasteiger partial charge in [0.25, 0.3) is 0 Å². The van der Waals surface area contributed by atoms with Gasteiger partial charge in [-0.15, -0.1) is 0 Å². The lowest BCUT2D eigenvalue weighted by Gasteiger charge is -2.40. The first-order valence-corrected chi connectivity index (χ1v) is 25.6. The Hall–Kier alpha value is -1.33. The van der Waals surface area contributed by atoms with Crippen LogP contribution in [0.15, 0.2) is 24.3 Å². The zero-order valence-electron chi connectivity index (χ0n) is 39.0. The molecule has 0 aromatic heterocycles. The maximum Gasteiger partial charge on any atom is 0.220 e. The number of nitrogens with one attached hydrogen (secondary N) is 1. The molecule has 1 amide bonds. The summed E-state index contributed by atoms with van der Waals surface area (Å²) in [4.78, 5) is 12.8. The molecule has 1 heterocycles. The highest BCUT2D eigenvalue weighted by molar-refractivity contribution is 5.76. The van der Waals surface area contributed by atoms with Gasteiger partial charge in [0.15, 0.2) is 6.29 Å². The van der Waals surface area contributed by atoms with Gasteiger partial charge in [-0.3, -0.25) is 4.79 Å². The van der Waals surface area contributed by atoms with Gasteiger partial charge in [0.05, 0.1) is 25.4 Å². The van der Waals surface area contributed by atoms with Crippen LogP contribution in [0.2, 0.25) is 0 Å². The first kappa shape index (κ1) is 56.7. The highest BCUT2D eigenvalue weighted by Gasteiger charge is 2.44. The molecule has 354 valence electrons. The summed E-state index contributed by atoms with van der Waals surface area (Å²) in [5.74, 6) is -0.195. The van der Waals surface area contributed by atoms with E-state index in [1.54, 1.807) is 6.08 Å². The van der Waals surface area contributed by atoms with Crippen LogP contribution in [-0.4, -0.2) is 87.5 Å². The van der Waals surface area contributed by atoms with Crippen LogP contribution >= 0.6 is 0 Å². The van der Waals surface area contributed by atoms with E-state index in [1.165, 1.54) is 167 Å². The summed E-state index contributed by atoms with van der Waals surface area (Å²) in [6.07, 6.45) is 44.5. The van der Waals surface area contributed by atoms with E-state index in [0.29, 0.717) is 6.42 Å². The average Bonchev–Trinajstić information content (AvgIpc) is 3.25. The van der Waals surface area contributed by atoms with Gasteiger partial charge in [0, 0.05) is 6.42 Å². The number of hydrogen-bond donors (Lipinski definition) is 6. The Balaban J connectivity index is 2.11. The number of allylic oxidation sites excluding steroid dienone is 3. The molecule has 9 nitrogen and oxygen atoms in total. The molecule has 0 aliphatic carbocycles. The summed E-state index contributed by atoms with van der Waals surface area (Å²) in [6, 6.07) is -0.815. The standard InChI is InChI=1S/C51H97NO8/c1-3-5-7-9-11-12-13-14-15-16-17-18-19-20-21-22-23-24-25-26-27-28-29-30-31-32-33-34-35-36-38-40-45(54)44(52-47(55)41-39-37-10-8-6-4-2)43-59-51-50(58)49(57)48(56)46(42-53)60-51/h33-34,38,40,44-46,48-51,53-54,56-58H,3-32,35-37,39,41-43H2,1-2H3,(H,52,55)/b34-33+,40-38+. The van der Waals surface area contributed by atoms with Crippen LogP contribution in [-0.2, 0) is 14.3 Å². The smallest absolute Gasteiger partial charge is 0.220 e. The zero-order chi connectivity index (χ0) is 43.7. The number of aliphatic hydroxyl groups is 5. The molecule has 0 bridgehead atoms. The third kappa shape index (κ3) is 31.5. The maximum atomic E-state index is 12.8. The summed E-state index contributed by atoms with van der Waals surface area (Å²) in [6.45, 7) is 3.70. The van der Waals surface area contributed by atoms with Crippen LogP contribution in [0.4, 0.5) is 0 Å². The molecule has 1 aliphatic rings. The molecule has 0 aromatic carbocycles. The molecule has 0 spiro atoms. The number of carbonyl (C=O) groups is 1. The van der Waals surface area contributed by atoms with Crippen molar-refractivity contribution in [3.05, 3.63) is 24.3 Å². The van der Waals surface area contributed by atoms with Gasteiger partial charge < -0.3 is 40.3 Å². The Kier molecular flexibility index (Phi) is 39.4. The highest BCUT2D eigenvalue weighted by atomic mass is 16.7. The number of rotatable bonds is 43. The zero-order valence-corrected chi connectivity index (χ0v) is 39.0. The molecule has 6 N–H and O–H groups in total. The summed E-state index contributed by atoms with van der Waals surface area (Å²) in [7, 11) is 0. The SMILES string of the molecule is CCCCCCCCCCCCCCCCCCCCCCCCCCC/C=C/CC/C=C/C(O)C(COC1OC(CO)C(O)C(O)C1O)NC(=O)CCCCCCCC. The fourth-order valence-electron chi connectivity index (χ4n) is 8.17. The quantitative estimate of drug-likeness (QED) is 0.0262. The second-order valence-corrected chi connectivity index (χ2v) is 18.0. The Morgan fingerprint density at radius 1 is 0.550 bits per heavy atom. The number of hydrogen-bond acceptors (Lipinski definition) is 8. The van der Waals surface area contributed by atoms with Gasteiger partial charge in [-0.25, -0.2) is 0 Å². The third-order valence-corrected chi connectivity index (χ3v) is 12.3. The number of ether oxygens (including phenoxy) is 2. The predicted octanol–water partition coefficient (Wildman–Crippen LogP) is 11.5. The first-order chi connectivity index (χ1) is 29.3. The molecule has 0 radical (unpaired) electrons. The molecule has 1 rings (SSSR count). The molecule has 1 fully saturated rings. The largest absolute Gasteiger partial charge is 0.394 e. The van der Waals surface area contributed by atoms with Gasteiger partial charge in [0.2, 0.25) is 5.91 Å². The molecule has 1 aliphatic heterocycles. The van der Waals surface area contributed by atoms with Gasteiger partial charge in [-0.2, -0.15) is 0 Å². The Bertz CT molecular complexity index is 992. The average molecular weight is 852 g/mol. The van der Waals surface area contributed by atoms with Crippen molar-refractivity contribution in [3.8, 4) is 0 Å². The molecule has 1 saturated heterocycles. The molecule has 60 heavy (non-hydrogen) atoms. The lowest BCUT2D eigenvalue weighted by Crippen LogP contribution is -2.60. The van der Waals surface area contributed by atoms with Crippen LogP contribution < -0.4 is 5.32 Å². The molecule has 9 heteroatoms. The predicted molar refractivity (Wildman–Crippen MR) is 249 cm³/mol. The molecule has 0 saturated carbocycles. The van der Waals surface area contributed by atoms with Crippen molar-refractivity contribution in [2.75, 3.05) is 13.2 Å². The van der Waals surface area contributed by atoms with E-state index >= 15 is 0 Å². The van der Waals surface area contributed by atoms with Gasteiger partial charge in [-0.05, 0) is 32.1 Å². The normalized spacial score (nSPS) is 20.7. The van der Waals surface area contributed by atoms with E-state index in [9.17, 15) is 30.3 Å². The van der Waals surface area contributed by atoms with Gasteiger partial charge in [0.1, 0.15) is 24.4 Å². The van der Waals surface area contributed by atoms with E-state index in [1.807, 2.05) is 6.08 Å². The molecular weight excluding hydrogens is 755 g/mol. The van der Waals surface area contributed by atoms with Crippen LogP contribution in [0.3, 0.4) is 0 Å². The van der Waals surface area contributed by atoms with Crippen molar-refractivity contribution >= 4 is 5.91 Å². The fraction of sp³-hybridized carbons (Fsp3) is 0.902. The topological polar surface area (TPSA) is 149 Å². The Labute approximate surface area is 369 Å². The lowest BCUT2D eigenvalue weighted by molar-refractivity contribution is -0.302. The van der Waals surface area contributed by atoms with E-state index in [2.05, 4.69) is 31.3 Å². The maximum absolute atomic E-state index is 12.8. The first-order valence-electron chi connectivity index (χ1n) is 25.6. The van der Waals surface area contributed by atoms with Gasteiger partial charge >= 0.3 is 0 Å². The number of carbonyl (C=O) groups excluding carboxylic acids is 1. The van der Waals surface area contributed by atoms with Crippen LogP contribution in [0.25, 0.3) is 0 Å². The lowest BCUT2D eigenvalue weighted by atomic mass is 9.99. The summed E-state index contributed by atoms with van der Waals surface area (Å²) in [5, 5.41) is 53.9. The van der Waals surface area contributed by atoms with Crippen LogP contribution in [0, 0.1) is 0 Å². The van der Waals surface area contributed by atoms with E-state index in [-0.39, 0.29) is 12.5 Å². The second-order valence-electron chi connectivity index (χ2n) is 18.0. The molecule has 0 aromatic rings. The van der Waals surface area contributed by atoms with E-state index in [0.717, 1.165) is 51.4 Å². The van der Waals surface area contributed by atoms with Crippen molar-refractivity contribution in [1.29, 1.82) is 0 Å². The number of unbranched alkanes of at least 4 members (excludes halogenated alkanes) is 31. The van der Waals surface area contributed by atoms with E-state index in [4.69, 9.17) is 9.47 Å². The monoisotopic (exact) mass is 852 g/mol. The minimum atomic E-state index is -1.57. The van der Waals surface area contributed by atoms with Crippen LogP contribution in [0.1, 0.15) is 239 Å². The summed E-state index contributed by atoms with van der Waals surface area (Å²) < 4.78 is 11.1. The summed E-state index contributed by atoms with van der Waals surface area (Å²) in [5.41, 5.74) is 0. The van der Waals surface area contributed by atoms with Crippen molar-refractivity contribution < 1.29 is 39.8 Å². The van der Waals surface area contributed by atoms with Crippen molar-refractivity contribution in [2.45, 2.75) is 281 Å². The molecular formula is C51H97NO8. The molecule has 7 unspecified atom stereocenters. The van der Waals surface area contributed by atoms with Gasteiger partial charge in [-0.1, -0.05) is 224 Å². The Morgan fingerprint density at radius 2 is 0.950 bits per heavy atom.